The number of rotatable bonds is 2. The van der Waals surface area contributed by atoms with E-state index in [1.807, 2.05) is 0 Å². The van der Waals surface area contributed by atoms with Crippen molar-refractivity contribution in [2.75, 3.05) is 6.61 Å². The van der Waals surface area contributed by atoms with Crippen LogP contribution in [-0.4, -0.2) is 23.9 Å². The average molecular weight is 140 g/mol. The fraction of sp³-hybridized carbons (Fsp3) is 0.625. The average Bonchev–Trinajstić information content (AvgIpc) is 2.30. The Kier molecular flexibility index (Phi) is 2.46. The topological polar surface area (TPSA) is 29.5 Å². The molecule has 0 bridgehead atoms. The van der Waals surface area contributed by atoms with E-state index in [2.05, 4.69) is 6.58 Å². The van der Waals surface area contributed by atoms with Gasteiger partial charge in [-0.05, 0) is 13.3 Å². The van der Waals surface area contributed by atoms with Gasteiger partial charge in [-0.25, -0.2) is 0 Å². The fourth-order valence-electron chi connectivity index (χ4n) is 1.23. The van der Waals surface area contributed by atoms with Crippen LogP contribution in [0.4, 0.5) is 0 Å². The lowest BCUT2D eigenvalue weighted by Crippen LogP contribution is -2.18. The molecule has 1 unspecified atom stereocenters. The van der Waals surface area contributed by atoms with Gasteiger partial charge in [0.05, 0.1) is 18.8 Å². The molecule has 0 saturated carbocycles. The third kappa shape index (κ3) is 1.39. The van der Waals surface area contributed by atoms with Crippen LogP contribution >= 0.6 is 0 Å². The zero-order valence-electron chi connectivity index (χ0n) is 5.86. The van der Waals surface area contributed by atoms with Crippen LogP contribution in [0, 0.1) is 12.8 Å². The molecule has 0 spiro atoms. The fourth-order valence-corrected chi connectivity index (χ4v) is 1.23. The van der Waals surface area contributed by atoms with E-state index in [4.69, 9.17) is 16.8 Å². The van der Waals surface area contributed by atoms with E-state index in [9.17, 15) is 0 Å². The van der Waals surface area contributed by atoms with Crippen LogP contribution in [0.5, 0.6) is 0 Å². The molecule has 3 atom stereocenters. The van der Waals surface area contributed by atoms with Gasteiger partial charge in [0.1, 0.15) is 0 Å². The Bertz CT molecular complexity index is 122. The zero-order chi connectivity index (χ0) is 7.56. The highest BCUT2D eigenvalue weighted by molar-refractivity contribution is 4.93. The van der Waals surface area contributed by atoms with Crippen LogP contribution in [0.15, 0.2) is 12.7 Å². The number of ether oxygens (including phenoxy) is 1. The van der Waals surface area contributed by atoms with Crippen molar-refractivity contribution in [1.29, 1.82) is 0 Å². The SMILES string of the molecule is [CH]C1C[C@@H](C=C)[C@@H](CO)O1. The highest BCUT2D eigenvalue weighted by Crippen LogP contribution is 2.26. The summed E-state index contributed by atoms with van der Waals surface area (Å²) in [4.78, 5) is 0. The highest BCUT2D eigenvalue weighted by atomic mass is 16.5. The summed E-state index contributed by atoms with van der Waals surface area (Å²) < 4.78 is 5.17. The van der Waals surface area contributed by atoms with Crippen molar-refractivity contribution in [2.45, 2.75) is 18.6 Å². The van der Waals surface area contributed by atoms with Gasteiger partial charge < -0.3 is 9.84 Å². The first-order valence-electron chi connectivity index (χ1n) is 3.42. The monoisotopic (exact) mass is 140 g/mol. The molecule has 1 rings (SSSR count). The largest absolute Gasteiger partial charge is 0.394 e. The summed E-state index contributed by atoms with van der Waals surface area (Å²) in [7, 11) is 0. The minimum absolute atomic E-state index is 0.0321. The normalized spacial score (nSPS) is 40.0. The van der Waals surface area contributed by atoms with Crippen molar-refractivity contribution >= 4 is 0 Å². The molecule has 2 radical (unpaired) electrons. The number of hydrogen-bond donors (Lipinski definition) is 1. The molecule has 0 aromatic heterocycles. The molecule has 56 valence electrons. The Morgan fingerprint density at radius 1 is 1.80 bits per heavy atom. The van der Waals surface area contributed by atoms with E-state index in [0.717, 1.165) is 6.42 Å². The number of aliphatic hydroxyl groups is 1. The van der Waals surface area contributed by atoms with E-state index in [0.29, 0.717) is 0 Å². The summed E-state index contributed by atoms with van der Waals surface area (Å²) in [5.74, 6) is 0.222. The van der Waals surface area contributed by atoms with Crippen molar-refractivity contribution in [1.82, 2.24) is 0 Å². The minimum atomic E-state index is -0.222. The summed E-state index contributed by atoms with van der Waals surface area (Å²) in [6, 6.07) is 0. The predicted molar refractivity (Wildman–Crippen MR) is 38.4 cm³/mol. The molecule has 10 heavy (non-hydrogen) atoms. The lowest BCUT2D eigenvalue weighted by atomic mass is 10.0. The summed E-state index contributed by atoms with van der Waals surface area (Å²) in [5.41, 5.74) is 0. The maximum absolute atomic E-state index is 8.76. The van der Waals surface area contributed by atoms with E-state index < -0.39 is 0 Å². The molecule has 2 nitrogen and oxygen atoms in total. The highest BCUT2D eigenvalue weighted by Gasteiger charge is 2.29. The molecule has 0 amide bonds. The first kappa shape index (κ1) is 7.76. The summed E-state index contributed by atoms with van der Waals surface area (Å²) in [5, 5.41) is 8.76. The molecule has 1 aliphatic rings. The van der Waals surface area contributed by atoms with Crippen molar-refractivity contribution in [2.24, 2.45) is 5.92 Å². The molecule has 0 aromatic rings. The van der Waals surface area contributed by atoms with Gasteiger partial charge in [0, 0.05) is 5.92 Å². The van der Waals surface area contributed by atoms with Crippen molar-refractivity contribution in [3.05, 3.63) is 19.6 Å². The summed E-state index contributed by atoms with van der Waals surface area (Å²) >= 11 is 0. The molecule has 1 saturated heterocycles. The Morgan fingerprint density at radius 2 is 2.50 bits per heavy atom. The molecule has 1 aliphatic heterocycles. The maximum Gasteiger partial charge on any atom is 0.0872 e. The molecule has 0 aromatic carbocycles. The summed E-state index contributed by atoms with van der Waals surface area (Å²) in [6.07, 6.45) is 2.20. The zero-order valence-corrected chi connectivity index (χ0v) is 5.86. The second-order valence-corrected chi connectivity index (χ2v) is 2.53. The van der Waals surface area contributed by atoms with E-state index in [-0.39, 0.29) is 24.7 Å². The van der Waals surface area contributed by atoms with Gasteiger partial charge >= 0.3 is 0 Å². The lowest BCUT2D eigenvalue weighted by molar-refractivity contribution is 0.0212. The Hall–Kier alpha value is -0.340. The molecular formula is C8H12O2. The van der Waals surface area contributed by atoms with Crippen LogP contribution in [-0.2, 0) is 4.74 Å². The quantitative estimate of drug-likeness (QED) is 0.571. The molecule has 1 fully saturated rings. The number of hydrogen-bond acceptors (Lipinski definition) is 2. The maximum atomic E-state index is 8.76. The molecule has 1 heterocycles. The van der Waals surface area contributed by atoms with Crippen molar-refractivity contribution in [3.8, 4) is 0 Å². The van der Waals surface area contributed by atoms with Crippen LogP contribution < -0.4 is 0 Å². The lowest BCUT2D eigenvalue weighted by Gasteiger charge is -2.10. The van der Waals surface area contributed by atoms with Gasteiger partial charge in [0.15, 0.2) is 0 Å². The summed E-state index contributed by atoms with van der Waals surface area (Å²) in [6.45, 7) is 9.15. The van der Waals surface area contributed by atoms with Gasteiger partial charge in [-0.1, -0.05) is 6.08 Å². The molecular weight excluding hydrogens is 128 g/mol. The van der Waals surface area contributed by atoms with Gasteiger partial charge in [-0.15, -0.1) is 6.58 Å². The molecule has 1 N–H and O–H groups in total. The van der Waals surface area contributed by atoms with Gasteiger partial charge in [-0.3, -0.25) is 0 Å². The Balaban J connectivity index is 2.48. The van der Waals surface area contributed by atoms with Crippen LogP contribution in [0.3, 0.4) is 0 Å². The van der Waals surface area contributed by atoms with Crippen LogP contribution in [0.1, 0.15) is 6.42 Å². The van der Waals surface area contributed by atoms with Gasteiger partial charge in [-0.2, -0.15) is 0 Å². The standard InChI is InChI=1S/C8H12O2/c1-3-7-4-6(2)10-8(7)5-9/h2-3,6-9H,1,4-5H2/t6?,7-,8-/m1/s1. The Morgan fingerprint density at radius 3 is 2.90 bits per heavy atom. The second-order valence-electron chi connectivity index (χ2n) is 2.53. The van der Waals surface area contributed by atoms with Crippen molar-refractivity contribution < 1.29 is 9.84 Å². The van der Waals surface area contributed by atoms with Crippen molar-refractivity contribution in [3.63, 3.8) is 0 Å². The molecule has 2 heteroatoms. The third-order valence-electron chi connectivity index (χ3n) is 1.81. The molecule has 0 aliphatic carbocycles. The predicted octanol–water partition coefficient (Wildman–Crippen LogP) is 0.649. The smallest absolute Gasteiger partial charge is 0.0872 e. The van der Waals surface area contributed by atoms with Gasteiger partial charge in [0.25, 0.3) is 0 Å². The van der Waals surface area contributed by atoms with E-state index >= 15 is 0 Å². The minimum Gasteiger partial charge on any atom is -0.394 e. The second kappa shape index (κ2) is 3.17. The third-order valence-corrected chi connectivity index (χ3v) is 1.81. The Labute approximate surface area is 61.5 Å². The number of aliphatic hydroxyl groups excluding tert-OH is 1. The first-order valence-corrected chi connectivity index (χ1v) is 3.42. The van der Waals surface area contributed by atoms with E-state index in [1.165, 1.54) is 0 Å². The van der Waals surface area contributed by atoms with Crippen LogP contribution in [0.25, 0.3) is 0 Å². The van der Waals surface area contributed by atoms with Gasteiger partial charge in [0.2, 0.25) is 0 Å². The van der Waals surface area contributed by atoms with E-state index in [1.54, 1.807) is 6.08 Å². The first-order chi connectivity index (χ1) is 4.77. The van der Waals surface area contributed by atoms with Crippen LogP contribution in [0.2, 0.25) is 0 Å².